The zero-order valence-corrected chi connectivity index (χ0v) is 10.2. The molecule has 0 saturated carbocycles. The number of methoxy groups -OCH3 is 1. The molecule has 0 bridgehead atoms. The van der Waals surface area contributed by atoms with Crippen molar-refractivity contribution in [2.75, 3.05) is 20.3 Å². The minimum Gasteiger partial charge on any atom is -0.383 e. The number of nitrogens with one attached hydrogen (secondary N) is 1. The van der Waals surface area contributed by atoms with Crippen LogP contribution in [0.15, 0.2) is 18.2 Å². The van der Waals surface area contributed by atoms with Crippen LogP contribution in [0, 0.1) is 12.7 Å². The molecule has 90 valence electrons. The van der Waals surface area contributed by atoms with E-state index < -0.39 is 0 Å². The number of hydrogen-bond acceptors (Lipinski definition) is 2. The molecule has 0 amide bonds. The quantitative estimate of drug-likeness (QED) is 0.803. The number of rotatable bonds is 6. The summed E-state index contributed by atoms with van der Waals surface area (Å²) in [5.74, 6) is -0.187. The van der Waals surface area contributed by atoms with Gasteiger partial charge in [-0.05, 0) is 43.1 Å². The van der Waals surface area contributed by atoms with E-state index in [1.54, 1.807) is 13.2 Å². The Morgan fingerprint density at radius 3 is 2.75 bits per heavy atom. The van der Waals surface area contributed by atoms with Gasteiger partial charge in [0.25, 0.3) is 0 Å². The molecule has 0 aliphatic heterocycles. The Kier molecular flexibility index (Phi) is 5.43. The second kappa shape index (κ2) is 6.61. The average molecular weight is 225 g/mol. The first-order valence-corrected chi connectivity index (χ1v) is 5.67. The number of halogens is 1. The summed E-state index contributed by atoms with van der Waals surface area (Å²) < 4.78 is 18.2. The van der Waals surface area contributed by atoms with Gasteiger partial charge in [0.1, 0.15) is 5.82 Å². The smallest absolute Gasteiger partial charge is 0.123 e. The highest BCUT2D eigenvalue weighted by Crippen LogP contribution is 2.19. The summed E-state index contributed by atoms with van der Waals surface area (Å²) in [5, 5.41) is 3.40. The molecule has 1 unspecified atom stereocenters. The molecular weight excluding hydrogens is 205 g/mol. The van der Waals surface area contributed by atoms with Crippen molar-refractivity contribution in [2.45, 2.75) is 26.3 Å². The molecule has 0 fully saturated rings. The van der Waals surface area contributed by atoms with Crippen LogP contribution in [0.1, 0.15) is 30.5 Å². The monoisotopic (exact) mass is 225 g/mol. The molecule has 1 atom stereocenters. The van der Waals surface area contributed by atoms with E-state index in [4.69, 9.17) is 4.74 Å². The zero-order chi connectivity index (χ0) is 12.0. The number of aryl methyl sites for hydroxylation is 1. The fourth-order valence-corrected chi connectivity index (χ4v) is 1.77. The first kappa shape index (κ1) is 13.1. The average Bonchev–Trinajstić information content (AvgIpc) is 2.25. The maximum absolute atomic E-state index is 13.0. The summed E-state index contributed by atoms with van der Waals surface area (Å²) in [4.78, 5) is 0. The van der Waals surface area contributed by atoms with Crippen molar-refractivity contribution >= 4 is 0 Å². The topological polar surface area (TPSA) is 21.3 Å². The van der Waals surface area contributed by atoms with Crippen LogP contribution >= 0.6 is 0 Å². The predicted molar refractivity (Wildman–Crippen MR) is 64.0 cm³/mol. The van der Waals surface area contributed by atoms with Gasteiger partial charge in [-0.15, -0.1) is 0 Å². The van der Waals surface area contributed by atoms with Crippen molar-refractivity contribution in [3.63, 3.8) is 0 Å². The lowest BCUT2D eigenvalue weighted by Gasteiger charge is -2.20. The Morgan fingerprint density at radius 2 is 2.19 bits per heavy atom. The fraction of sp³-hybridized carbons (Fsp3) is 0.538. The predicted octanol–water partition coefficient (Wildman–Crippen LogP) is 2.82. The molecule has 1 aromatic carbocycles. The van der Waals surface area contributed by atoms with E-state index in [1.165, 1.54) is 6.07 Å². The highest BCUT2D eigenvalue weighted by Gasteiger charge is 2.12. The first-order valence-electron chi connectivity index (χ1n) is 5.67. The first-order chi connectivity index (χ1) is 7.69. The molecule has 0 spiro atoms. The van der Waals surface area contributed by atoms with Crippen LogP contribution in [-0.4, -0.2) is 20.3 Å². The van der Waals surface area contributed by atoms with Crippen LogP contribution in [0.3, 0.4) is 0 Å². The Balaban J connectivity index is 2.82. The van der Waals surface area contributed by atoms with Crippen molar-refractivity contribution < 1.29 is 9.13 Å². The van der Waals surface area contributed by atoms with Gasteiger partial charge in [-0.3, -0.25) is 0 Å². The van der Waals surface area contributed by atoms with E-state index in [0.717, 1.165) is 24.1 Å². The van der Waals surface area contributed by atoms with Gasteiger partial charge in [-0.2, -0.15) is 0 Å². The Labute approximate surface area is 96.8 Å². The van der Waals surface area contributed by atoms with Crippen molar-refractivity contribution in [3.05, 3.63) is 35.1 Å². The molecule has 1 N–H and O–H groups in total. The number of benzene rings is 1. The van der Waals surface area contributed by atoms with Gasteiger partial charge >= 0.3 is 0 Å². The summed E-state index contributed by atoms with van der Waals surface area (Å²) in [6.45, 7) is 5.58. The third-order valence-electron chi connectivity index (χ3n) is 2.58. The summed E-state index contributed by atoms with van der Waals surface area (Å²) in [5.41, 5.74) is 2.07. The number of hydrogen-bond donors (Lipinski definition) is 1. The third-order valence-corrected chi connectivity index (χ3v) is 2.58. The minimum atomic E-state index is -0.187. The van der Waals surface area contributed by atoms with E-state index in [-0.39, 0.29) is 11.9 Å². The van der Waals surface area contributed by atoms with Crippen LogP contribution in [-0.2, 0) is 4.74 Å². The maximum Gasteiger partial charge on any atom is 0.123 e. The molecule has 1 rings (SSSR count). The third kappa shape index (κ3) is 3.58. The van der Waals surface area contributed by atoms with Gasteiger partial charge in [0.05, 0.1) is 12.6 Å². The molecule has 2 nitrogen and oxygen atoms in total. The Hall–Kier alpha value is -0.930. The SMILES string of the molecule is CCCNC(COC)c1ccc(F)cc1C. The van der Waals surface area contributed by atoms with Crippen molar-refractivity contribution in [1.82, 2.24) is 5.32 Å². The Bertz CT molecular complexity index is 328. The highest BCUT2D eigenvalue weighted by molar-refractivity contribution is 5.29. The second-order valence-corrected chi connectivity index (χ2v) is 3.96. The summed E-state index contributed by atoms with van der Waals surface area (Å²) in [7, 11) is 1.68. The molecule has 3 heteroatoms. The molecule has 0 aromatic heterocycles. The van der Waals surface area contributed by atoms with E-state index in [9.17, 15) is 4.39 Å². The van der Waals surface area contributed by atoms with Crippen molar-refractivity contribution in [2.24, 2.45) is 0 Å². The maximum atomic E-state index is 13.0. The fourth-order valence-electron chi connectivity index (χ4n) is 1.77. The van der Waals surface area contributed by atoms with Gasteiger partial charge in [-0.25, -0.2) is 4.39 Å². The number of ether oxygens (including phenoxy) is 1. The van der Waals surface area contributed by atoms with Crippen LogP contribution in [0.2, 0.25) is 0 Å². The summed E-state index contributed by atoms with van der Waals surface area (Å²) in [6.07, 6.45) is 1.07. The van der Waals surface area contributed by atoms with E-state index in [0.29, 0.717) is 6.61 Å². The minimum absolute atomic E-state index is 0.144. The molecule has 0 aliphatic rings. The normalized spacial score (nSPS) is 12.8. The van der Waals surface area contributed by atoms with Gasteiger partial charge in [0.15, 0.2) is 0 Å². The largest absolute Gasteiger partial charge is 0.383 e. The second-order valence-electron chi connectivity index (χ2n) is 3.96. The lowest BCUT2D eigenvalue weighted by atomic mass is 10.0. The molecule has 0 heterocycles. The molecule has 0 aliphatic carbocycles. The Morgan fingerprint density at radius 1 is 1.44 bits per heavy atom. The molecule has 1 aromatic rings. The van der Waals surface area contributed by atoms with Gasteiger partial charge < -0.3 is 10.1 Å². The lowest BCUT2D eigenvalue weighted by molar-refractivity contribution is 0.167. The molecule has 0 saturated heterocycles. The van der Waals surface area contributed by atoms with Crippen molar-refractivity contribution in [1.29, 1.82) is 0 Å². The lowest BCUT2D eigenvalue weighted by Crippen LogP contribution is -2.26. The summed E-state index contributed by atoms with van der Waals surface area (Å²) >= 11 is 0. The van der Waals surface area contributed by atoms with Crippen LogP contribution in [0.5, 0.6) is 0 Å². The van der Waals surface area contributed by atoms with Crippen molar-refractivity contribution in [3.8, 4) is 0 Å². The molecule has 0 radical (unpaired) electrons. The van der Waals surface area contributed by atoms with Gasteiger partial charge in [0.2, 0.25) is 0 Å². The van der Waals surface area contributed by atoms with Crippen LogP contribution in [0.25, 0.3) is 0 Å². The molecule has 16 heavy (non-hydrogen) atoms. The van der Waals surface area contributed by atoms with Gasteiger partial charge in [0, 0.05) is 7.11 Å². The highest BCUT2D eigenvalue weighted by atomic mass is 19.1. The zero-order valence-electron chi connectivity index (χ0n) is 10.2. The van der Waals surface area contributed by atoms with Crippen LogP contribution < -0.4 is 5.32 Å². The van der Waals surface area contributed by atoms with Gasteiger partial charge in [-0.1, -0.05) is 13.0 Å². The van der Waals surface area contributed by atoms with E-state index in [1.807, 2.05) is 13.0 Å². The molecular formula is C13H20FNO. The van der Waals surface area contributed by atoms with E-state index in [2.05, 4.69) is 12.2 Å². The van der Waals surface area contributed by atoms with E-state index >= 15 is 0 Å². The standard InChI is InChI=1S/C13H20FNO/c1-4-7-15-13(9-16-3)12-6-5-11(14)8-10(12)2/h5-6,8,13,15H,4,7,9H2,1-3H3. The van der Waals surface area contributed by atoms with Crippen LogP contribution in [0.4, 0.5) is 4.39 Å². The summed E-state index contributed by atoms with van der Waals surface area (Å²) in [6, 6.07) is 5.03.